The van der Waals surface area contributed by atoms with Gasteiger partial charge in [0.2, 0.25) is 0 Å². The van der Waals surface area contributed by atoms with Crippen LogP contribution in [-0.4, -0.2) is 42.3 Å². The van der Waals surface area contributed by atoms with Gasteiger partial charge in [0.1, 0.15) is 5.54 Å². The molecule has 0 heterocycles. The van der Waals surface area contributed by atoms with E-state index in [4.69, 9.17) is 15.0 Å². The summed E-state index contributed by atoms with van der Waals surface area (Å²) in [6.07, 6.45) is -2.14. The van der Waals surface area contributed by atoms with E-state index in [9.17, 15) is 30.8 Å². The minimum Gasteiger partial charge on any atom is -0.464 e. The van der Waals surface area contributed by atoms with Crippen LogP contribution in [0.1, 0.15) is 60.8 Å². The zero-order valence-corrected chi connectivity index (χ0v) is 17.2. The summed E-state index contributed by atoms with van der Waals surface area (Å²) in [7, 11) is -6.29. The van der Waals surface area contributed by atoms with Crippen molar-refractivity contribution in [1.29, 1.82) is 0 Å². The summed E-state index contributed by atoms with van der Waals surface area (Å²) in [4.78, 5) is 12.5. The van der Waals surface area contributed by atoms with Gasteiger partial charge in [0, 0.05) is 6.42 Å². The number of carbonyl (C=O) groups excluding carboxylic acids is 1. The van der Waals surface area contributed by atoms with Crippen LogP contribution < -0.4 is 5.73 Å². The van der Waals surface area contributed by atoms with Crippen molar-refractivity contribution in [3.8, 4) is 0 Å². The molecule has 27 heavy (non-hydrogen) atoms. The standard InChI is InChI=1S/C16H29F4NO5S/c1-12(2,3)10-14(21,13(4,5)6)11(22)26-9-7-8-15(17,18)16(19,20)27(23,24)25/h7-10,21H2,1-6H3,(H,23,24,25). The monoisotopic (exact) mass is 423 g/mol. The molecule has 0 radical (unpaired) electrons. The van der Waals surface area contributed by atoms with E-state index in [0.29, 0.717) is 0 Å². The second-order valence-electron chi connectivity index (χ2n) is 8.89. The van der Waals surface area contributed by atoms with Gasteiger partial charge >= 0.3 is 27.3 Å². The van der Waals surface area contributed by atoms with Crippen LogP contribution in [0.3, 0.4) is 0 Å². The van der Waals surface area contributed by atoms with Crippen LogP contribution in [-0.2, 0) is 19.6 Å². The van der Waals surface area contributed by atoms with Crippen molar-refractivity contribution in [2.45, 2.75) is 77.5 Å². The lowest BCUT2D eigenvalue weighted by atomic mass is 9.66. The number of alkyl halides is 4. The van der Waals surface area contributed by atoms with Crippen LogP contribution in [0.2, 0.25) is 0 Å². The van der Waals surface area contributed by atoms with E-state index in [1.54, 1.807) is 20.8 Å². The molecule has 3 N–H and O–H groups in total. The Morgan fingerprint density at radius 1 is 1.04 bits per heavy atom. The molecule has 0 fully saturated rings. The van der Waals surface area contributed by atoms with E-state index in [1.165, 1.54) is 0 Å². The van der Waals surface area contributed by atoms with E-state index in [-0.39, 0.29) is 11.8 Å². The molecule has 1 unspecified atom stereocenters. The summed E-state index contributed by atoms with van der Waals surface area (Å²) in [6, 6.07) is 0. The third-order valence-corrected chi connectivity index (χ3v) is 5.08. The van der Waals surface area contributed by atoms with Crippen molar-refractivity contribution in [3.05, 3.63) is 0 Å². The molecule has 0 amide bonds. The maximum absolute atomic E-state index is 13.4. The molecule has 11 heteroatoms. The van der Waals surface area contributed by atoms with Gasteiger partial charge in [-0.25, -0.2) is 0 Å². The average Bonchev–Trinajstić information content (AvgIpc) is 2.38. The van der Waals surface area contributed by atoms with E-state index < -0.39 is 57.7 Å². The van der Waals surface area contributed by atoms with E-state index in [0.717, 1.165) is 0 Å². The quantitative estimate of drug-likeness (QED) is 0.267. The first kappa shape index (κ1) is 26.1. The molecule has 0 bridgehead atoms. The van der Waals surface area contributed by atoms with E-state index in [2.05, 4.69) is 0 Å². The number of halogens is 4. The molecular weight excluding hydrogens is 394 g/mol. The van der Waals surface area contributed by atoms with Gasteiger partial charge in [-0.05, 0) is 23.7 Å². The second kappa shape index (κ2) is 7.82. The van der Waals surface area contributed by atoms with Gasteiger partial charge in [-0.15, -0.1) is 0 Å². The number of ether oxygens (including phenoxy) is 1. The molecule has 0 aliphatic heterocycles. The van der Waals surface area contributed by atoms with Crippen LogP contribution in [0.15, 0.2) is 0 Å². The molecule has 0 rings (SSSR count). The largest absolute Gasteiger partial charge is 0.464 e. The first-order valence-electron chi connectivity index (χ1n) is 8.27. The van der Waals surface area contributed by atoms with Crippen LogP contribution in [0.25, 0.3) is 0 Å². The normalized spacial score (nSPS) is 16.7. The third kappa shape index (κ3) is 6.28. The number of hydrogen-bond donors (Lipinski definition) is 2. The molecule has 0 aliphatic rings. The minimum absolute atomic E-state index is 0.222. The lowest BCUT2D eigenvalue weighted by Gasteiger charge is -2.43. The second-order valence-corrected chi connectivity index (χ2v) is 10.4. The maximum Gasteiger partial charge on any atom is 0.431 e. The van der Waals surface area contributed by atoms with Gasteiger partial charge in [-0.2, -0.15) is 26.0 Å². The molecule has 0 aliphatic carbocycles. The van der Waals surface area contributed by atoms with Crippen molar-refractivity contribution in [1.82, 2.24) is 0 Å². The fraction of sp³-hybridized carbons (Fsp3) is 0.938. The van der Waals surface area contributed by atoms with Crippen molar-refractivity contribution >= 4 is 16.1 Å². The number of esters is 1. The van der Waals surface area contributed by atoms with Crippen LogP contribution in [0, 0.1) is 10.8 Å². The molecule has 0 aromatic carbocycles. The lowest BCUT2D eigenvalue weighted by Crippen LogP contribution is -2.60. The van der Waals surface area contributed by atoms with Gasteiger partial charge in [0.15, 0.2) is 0 Å². The number of rotatable bonds is 8. The van der Waals surface area contributed by atoms with E-state index in [1.807, 2.05) is 20.8 Å². The van der Waals surface area contributed by atoms with E-state index >= 15 is 0 Å². The third-order valence-electron chi connectivity index (χ3n) is 4.13. The van der Waals surface area contributed by atoms with Gasteiger partial charge in [0.25, 0.3) is 0 Å². The number of hydrogen-bond acceptors (Lipinski definition) is 5. The van der Waals surface area contributed by atoms with Crippen LogP contribution >= 0.6 is 0 Å². The van der Waals surface area contributed by atoms with Gasteiger partial charge in [-0.1, -0.05) is 41.5 Å². The van der Waals surface area contributed by atoms with Gasteiger partial charge in [0.05, 0.1) is 6.61 Å². The fourth-order valence-corrected chi connectivity index (χ4v) is 2.88. The Morgan fingerprint density at radius 3 is 1.81 bits per heavy atom. The highest BCUT2D eigenvalue weighted by atomic mass is 32.2. The molecule has 162 valence electrons. The zero-order chi connectivity index (χ0) is 22.1. The first-order valence-corrected chi connectivity index (χ1v) is 9.71. The van der Waals surface area contributed by atoms with Crippen LogP contribution in [0.5, 0.6) is 0 Å². The summed E-state index contributed by atoms with van der Waals surface area (Å²) < 4.78 is 87.1. The highest BCUT2D eigenvalue weighted by molar-refractivity contribution is 7.87. The minimum atomic E-state index is -6.29. The highest BCUT2D eigenvalue weighted by Crippen LogP contribution is 2.42. The Morgan fingerprint density at radius 2 is 1.48 bits per heavy atom. The Hall–Kier alpha value is -0.940. The number of carbonyl (C=O) groups is 1. The smallest absolute Gasteiger partial charge is 0.431 e. The first-order chi connectivity index (χ1) is 11.6. The summed E-state index contributed by atoms with van der Waals surface area (Å²) in [5.74, 6) is -5.89. The van der Waals surface area contributed by atoms with Crippen molar-refractivity contribution in [3.63, 3.8) is 0 Å². The lowest BCUT2D eigenvalue weighted by molar-refractivity contribution is -0.169. The molecule has 0 saturated carbocycles. The molecule has 6 nitrogen and oxygen atoms in total. The Kier molecular flexibility index (Phi) is 7.55. The topological polar surface area (TPSA) is 107 Å². The van der Waals surface area contributed by atoms with Gasteiger partial charge < -0.3 is 10.5 Å². The van der Waals surface area contributed by atoms with Gasteiger partial charge in [-0.3, -0.25) is 9.35 Å². The summed E-state index contributed by atoms with van der Waals surface area (Å²) in [5, 5.41) is -5.64. The molecule has 0 aromatic rings. The van der Waals surface area contributed by atoms with Crippen molar-refractivity contribution in [2.75, 3.05) is 6.61 Å². The molecular formula is C16H29F4NO5S. The Balaban J connectivity index is 5.06. The summed E-state index contributed by atoms with van der Waals surface area (Å²) in [6.45, 7) is 10.0. The number of nitrogens with two attached hydrogens (primary N) is 1. The summed E-state index contributed by atoms with van der Waals surface area (Å²) >= 11 is 0. The Bertz CT molecular complexity index is 638. The van der Waals surface area contributed by atoms with Crippen molar-refractivity contribution in [2.24, 2.45) is 16.6 Å². The van der Waals surface area contributed by atoms with Crippen LogP contribution in [0.4, 0.5) is 17.6 Å². The van der Waals surface area contributed by atoms with Crippen molar-refractivity contribution < 1.29 is 40.1 Å². The fourth-order valence-electron chi connectivity index (χ4n) is 2.40. The predicted molar refractivity (Wildman–Crippen MR) is 92.1 cm³/mol. The summed E-state index contributed by atoms with van der Waals surface area (Å²) in [5.41, 5.74) is 3.70. The highest BCUT2D eigenvalue weighted by Gasteiger charge is 2.65. The predicted octanol–water partition coefficient (Wildman–Crippen LogP) is 3.61. The zero-order valence-electron chi connectivity index (χ0n) is 16.4. The Labute approximate surface area is 157 Å². The molecule has 1 atom stereocenters. The molecule has 0 spiro atoms. The molecule has 0 saturated heterocycles. The SMILES string of the molecule is CC(C)(C)CC(N)(C(=O)OCCCC(F)(F)C(F)(F)S(=O)(=O)O)C(C)(C)C. The maximum atomic E-state index is 13.4. The molecule has 0 aromatic heterocycles. The average molecular weight is 423 g/mol.